The van der Waals surface area contributed by atoms with E-state index in [4.69, 9.17) is 12.2 Å². The van der Waals surface area contributed by atoms with Crippen molar-refractivity contribution in [3.63, 3.8) is 0 Å². The minimum absolute atomic E-state index is 0.202. The van der Waals surface area contributed by atoms with Crippen LogP contribution in [-0.4, -0.2) is 11.0 Å². The second kappa shape index (κ2) is 7.18. The Hall–Kier alpha value is -2.20. The molecule has 0 bridgehead atoms. The summed E-state index contributed by atoms with van der Waals surface area (Å²) in [6, 6.07) is 13.5. The standard InChI is InChI=1S/C18H20N2OS/c1-4-14-8-10-15(11-9-14)17(21)20-18(22)19-16-12(2)6-5-7-13(16)3/h5-11H,4H2,1-3H3,(H2,19,20,21,22). The number of para-hydroxylation sites is 1. The zero-order chi connectivity index (χ0) is 16.1. The molecule has 0 aromatic heterocycles. The monoisotopic (exact) mass is 312 g/mol. The van der Waals surface area contributed by atoms with Crippen LogP contribution in [0.2, 0.25) is 0 Å². The van der Waals surface area contributed by atoms with E-state index in [1.165, 1.54) is 5.56 Å². The number of aryl methyl sites for hydroxylation is 3. The van der Waals surface area contributed by atoms with Crippen molar-refractivity contribution in [3.05, 3.63) is 64.7 Å². The number of carbonyl (C=O) groups is 1. The van der Waals surface area contributed by atoms with Crippen molar-refractivity contribution in [1.29, 1.82) is 0 Å². The fourth-order valence-corrected chi connectivity index (χ4v) is 2.42. The summed E-state index contributed by atoms with van der Waals surface area (Å²) in [4.78, 5) is 12.2. The molecule has 2 N–H and O–H groups in total. The molecule has 0 saturated heterocycles. The van der Waals surface area contributed by atoms with Crippen molar-refractivity contribution < 1.29 is 4.79 Å². The fourth-order valence-electron chi connectivity index (χ4n) is 2.22. The van der Waals surface area contributed by atoms with Crippen LogP contribution in [-0.2, 0) is 6.42 Å². The largest absolute Gasteiger partial charge is 0.332 e. The molecule has 0 radical (unpaired) electrons. The molecule has 0 saturated carbocycles. The van der Waals surface area contributed by atoms with Gasteiger partial charge in [0, 0.05) is 11.3 Å². The Labute approximate surface area is 136 Å². The molecule has 114 valence electrons. The summed E-state index contributed by atoms with van der Waals surface area (Å²) in [5.74, 6) is -0.202. The van der Waals surface area contributed by atoms with E-state index >= 15 is 0 Å². The third-order valence-electron chi connectivity index (χ3n) is 3.57. The first kappa shape index (κ1) is 16.2. The van der Waals surface area contributed by atoms with Gasteiger partial charge in [-0.1, -0.05) is 37.3 Å². The number of carbonyl (C=O) groups excluding carboxylic acids is 1. The Kier molecular flexibility index (Phi) is 5.28. The van der Waals surface area contributed by atoms with Gasteiger partial charge in [0.15, 0.2) is 5.11 Å². The molecule has 0 unspecified atom stereocenters. The summed E-state index contributed by atoms with van der Waals surface area (Å²) >= 11 is 5.24. The molecule has 0 aliphatic carbocycles. The highest BCUT2D eigenvalue weighted by Gasteiger charge is 2.09. The predicted octanol–water partition coefficient (Wildman–Crippen LogP) is 3.99. The van der Waals surface area contributed by atoms with Gasteiger partial charge in [0.2, 0.25) is 0 Å². The molecule has 0 fully saturated rings. The van der Waals surface area contributed by atoms with Gasteiger partial charge in [-0.15, -0.1) is 0 Å². The molecule has 0 spiro atoms. The molecular formula is C18H20N2OS. The average Bonchev–Trinajstić information content (AvgIpc) is 2.51. The first-order valence-electron chi connectivity index (χ1n) is 7.28. The minimum Gasteiger partial charge on any atom is -0.332 e. The van der Waals surface area contributed by atoms with Crippen LogP contribution in [0.4, 0.5) is 5.69 Å². The predicted molar refractivity (Wildman–Crippen MR) is 95.4 cm³/mol. The molecule has 2 aromatic carbocycles. The first-order chi connectivity index (χ1) is 10.5. The summed E-state index contributed by atoms with van der Waals surface area (Å²) in [7, 11) is 0. The van der Waals surface area contributed by atoms with Crippen LogP contribution in [0.25, 0.3) is 0 Å². The molecule has 2 aromatic rings. The second-order valence-electron chi connectivity index (χ2n) is 5.23. The van der Waals surface area contributed by atoms with E-state index in [-0.39, 0.29) is 5.91 Å². The molecule has 3 nitrogen and oxygen atoms in total. The molecule has 22 heavy (non-hydrogen) atoms. The normalized spacial score (nSPS) is 10.1. The highest BCUT2D eigenvalue weighted by molar-refractivity contribution is 7.80. The SMILES string of the molecule is CCc1ccc(C(=O)NC(=S)Nc2c(C)cccc2C)cc1. The lowest BCUT2D eigenvalue weighted by Gasteiger charge is -2.14. The maximum absolute atomic E-state index is 12.2. The molecule has 0 aliphatic heterocycles. The van der Waals surface area contributed by atoms with Crippen molar-refractivity contribution in [2.75, 3.05) is 5.32 Å². The van der Waals surface area contributed by atoms with Gasteiger partial charge in [-0.25, -0.2) is 0 Å². The number of anilines is 1. The van der Waals surface area contributed by atoms with Gasteiger partial charge in [0.05, 0.1) is 0 Å². The summed E-state index contributed by atoms with van der Waals surface area (Å²) in [5, 5.41) is 6.13. The fraction of sp³-hybridized carbons (Fsp3) is 0.222. The Bertz CT molecular complexity index is 672. The van der Waals surface area contributed by atoms with Gasteiger partial charge in [-0.3, -0.25) is 10.1 Å². The molecule has 2 rings (SSSR count). The van der Waals surface area contributed by atoms with E-state index in [9.17, 15) is 4.79 Å². The zero-order valence-electron chi connectivity index (χ0n) is 13.1. The number of benzene rings is 2. The van der Waals surface area contributed by atoms with Gasteiger partial charge in [0.1, 0.15) is 0 Å². The van der Waals surface area contributed by atoms with Gasteiger partial charge >= 0.3 is 0 Å². The van der Waals surface area contributed by atoms with E-state index in [1.807, 2.05) is 56.3 Å². The number of hydrogen-bond donors (Lipinski definition) is 2. The van der Waals surface area contributed by atoms with E-state index in [0.717, 1.165) is 23.2 Å². The number of nitrogens with one attached hydrogen (secondary N) is 2. The van der Waals surface area contributed by atoms with Crippen molar-refractivity contribution >= 4 is 28.9 Å². The lowest BCUT2D eigenvalue weighted by atomic mass is 10.1. The summed E-state index contributed by atoms with van der Waals surface area (Å²) in [6.07, 6.45) is 0.953. The van der Waals surface area contributed by atoms with Crippen LogP contribution < -0.4 is 10.6 Å². The highest BCUT2D eigenvalue weighted by Crippen LogP contribution is 2.19. The number of hydrogen-bond acceptors (Lipinski definition) is 2. The Balaban J connectivity index is 2.03. The third kappa shape index (κ3) is 3.92. The van der Waals surface area contributed by atoms with Crippen molar-refractivity contribution in [2.45, 2.75) is 27.2 Å². The molecule has 0 heterocycles. The molecule has 0 aliphatic rings. The number of rotatable bonds is 3. The topological polar surface area (TPSA) is 41.1 Å². The number of thiocarbonyl (C=S) groups is 1. The van der Waals surface area contributed by atoms with Crippen LogP contribution in [0, 0.1) is 13.8 Å². The van der Waals surface area contributed by atoms with Gasteiger partial charge in [-0.2, -0.15) is 0 Å². The lowest BCUT2D eigenvalue weighted by Crippen LogP contribution is -2.34. The number of amides is 1. The van der Waals surface area contributed by atoms with E-state index in [0.29, 0.717) is 10.7 Å². The van der Waals surface area contributed by atoms with Crippen LogP contribution in [0.1, 0.15) is 34.0 Å². The van der Waals surface area contributed by atoms with E-state index in [1.54, 1.807) is 0 Å². The van der Waals surface area contributed by atoms with Crippen LogP contribution >= 0.6 is 12.2 Å². The highest BCUT2D eigenvalue weighted by atomic mass is 32.1. The average molecular weight is 312 g/mol. The van der Waals surface area contributed by atoms with Gasteiger partial charge in [0.25, 0.3) is 5.91 Å². The Morgan fingerprint density at radius 3 is 2.18 bits per heavy atom. The minimum atomic E-state index is -0.202. The Morgan fingerprint density at radius 1 is 1.05 bits per heavy atom. The summed E-state index contributed by atoms with van der Waals surface area (Å²) < 4.78 is 0. The van der Waals surface area contributed by atoms with Crippen molar-refractivity contribution in [3.8, 4) is 0 Å². The van der Waals surface area contributed by atoms with Crippen molar-refractivity contribution in [2.24, 2.45) is 0 Å². The third-order valence-corrected chi connectivity index (χ3v) is 3.78. The maximum Gasteiger partial charge on any atom is 0.257 e. The first-order valence-corrected chi connectivity index (χ1v) is 7.69. The molecule has 1 amide bonds. The van der Waals surface area contributed by atoms with Crippen molar-refractivity contribution in [1.82, 2.24) is 5.32 Å². The van der Waals surface area contributed by atoms with E-state index < -0.39 is 0 Å². The zero-order valence-corrected chi connectivity index (χ0v) is 13.9. The van der Waals surface area contributed by atoms with Crippen LogP contribution in [0.3, 0.4) is 0 Å². The molecular weight excluding hydrogens is 292 g/mol. The quantitative estimate of drug-likeness (QED) is 0.842. The lowest BCUT2D eigenvalue weighted by molar-refractivity contribution is 0.0977. The smallest absolute Gasteiger partial charge is 0.257 e. The molecule has 0 atom stereocenters. The Morgan fingerprint density at radius 2 is 1.64 bits per heavy atom. The second-order valence-corrected chi connectivity index (χ2v) is 5.63. The van der Waals surface area contributed by atoms with Crippen LogP contribution in [0.5, 0.6) is 0 Å². The van der Waals surface area contributed by atoms with Crippen LogP contribution in [0.15, 0.2) is 42.5 Å². The van der Waals surface area contributed by atoms with E-state index in [2.05, 4.69) is 17.6 Å². The maximum atomic E-state index is 12.2. The summed E-state index contributed by atoms with van der Waals surface area (Å²) in [5.41, 5.74) is 4.91. The molecule has 4 heteroatoms. The van der Waals surface area contributed by atoms with Gasteiger partial charge in [-0.05, 0) is 61.3 Å². The summed E-state index contributed by atoms with van der Waals surface area (Å²) in [6.45, 7) is 6.09. The van der Waals surface area contributed by atoms with Gasteiger partial charge < -0.3 is 5.32 Å².